The van der Waals surface area contributed by atoms with Crippen LogP contribution in [0.5, 0.6) is 0 Å². The van der Waals surface area contributed by atoms with E-state index in [0.717, 1.165) is 36.2 Å². The van der Waals surface area contributed by atoms with Crippen molar-refractivity contribution in [1.82, 2.24) is 14.9 Å². The number of hydrogen-bond acceptors (Lipinski definition) is 3. The molecule has 0 saturated carbocycles. The van der Waals surface area contributed by atoms with Gasteiger partial charge in [0.15, 0.2) is 5.76 Å². The molecular weight excluding hydrogens is 386 g/mol. The van der Waals surface area contributed by atoms with Gasteiger partial charge in [0.1, 0.15) is 5.82 Å². The van der Waals surface area contributed by atoms with Gasteiger partial charge in [0.25, 0.3) is 5.91 Å². The van der Waals surface area contributed by atoms with E-state index in [1.165, 1.54) is 22.6 Å². The van der Waals surface area contributed by atoms with Crippen LogP contribution in [-0.4, -0.2) is 22.0 Å². The van der Waals surface area contributed by atoms with Crippen molar-refractivity contribution in [3.63, 3.8) is 0 Å². The predicted molar refractivity (Wildman–Crippen MR) is 122 cm³/mol. The molecule has 2 aromatic heterocycles. The second kappa shape index (κ2) is 8.48. The van der Waals surface area contributed by atoms with E-state index in [9.17, 15) is 4.79 Å². The van der Waals surface area contributed by atoms with E-state index in [1.54, 1.807) is 12.1 Å². The number of rotatable bonds is 7. The molecule has 0 aliphatic carbocycles. The number of amides is 1. The Balaban J connectivity index is 1.37. The minimum absolute atomic E-state index is 0.186. The van der Waals surface area contributed by atoms with E-state index in [2.05, 4.69) is 70.5 Å². The van der Waals surface area contributed by atoms with Crippen LogP contribution in [0.4, 0.5) is 0 Å². The summed E-state index contributed by atoms with van der Waals surface area (Å²) in [4.78, 5) is 17.0. The summed E-state index contributed by atoms with van der Waals surface area (Å²) >= 11 is 0. The summed E-state index contributed by atoms with van der Waals surface area (Å²) in [5.41, 5.74) is 3.40. The lowest BCUT2D eigenvalue weighted by atomic mass is 10.0. The number of imidazole rings is 1. The number of aromatic nitrogens is 2. The third kappa shape index (κ3) is 3.94. The van der Waals surface area contributed by atoms with Gasteiger partial charge in [0.2, 0.25) is 0 Å². The fourth-order valence-electron chi connectivity index (χ4n) is 4.04. The molecule has 0 spiro atoms. The first-order chi connectivity index (χ1) is 15.3. The van der Waals surface area contributed by atoms with Gasteiger partial charge in [0.05, 0.1) is 17.3 Å². The maximum Gasteiger partial charge on any atom is 0.286 e. The monoisotopic (exact) mass is 409 g/mol. The third-order valence-corrected chi connectivity index (χ3v) is 5.55. The van der Waals surface area contributed by atoms with E-state index in [0.29, 0.717) is 12.3 Å². The number of nitrogens with one attached hydrogen (secondary N) is 1. The van der Waals surface area contributed by atoms with Crippen LogP contribution in [0.15, 0.2) is 89.5 Å². The zero-order valence-electron chi connectivity index (χ0n) is 17.1. The van der Waals surface area contributed by atoms with Crippen molar-refractivity contribution < 1.29 is 9.21 Å². The Bertz CT molecular complexity index is 1330. The van der Waals surface area contributed by atoms with Crippen molar-refractivity contribution in [2.75, 3.05) is 6.54 Å². The molecule has 0 aliphatic rings. The topological polar surface area (TPSA) is 60.1 Å². The van der Waals surface area contributed by atoms with Gasteiger partial charge in [-0.25, -0.2) is 4.98 Å². The van der Waals surface area contributed by atoms with Crippen LogP contribution in [0.2, 0.25) is 0 Å². The van der Waals surface area contributed by atoms with E-state index in [-0.39, 0.29) is 5.91 Å². The average molecular weight is 409 g/mol. The SMILES string of the molecule is O=C(NCCCc1nc2ccccc2n1Cc1cccc2ccccc12)c1ccco1. The molecule has 154 valence electrons. The molecule has 3 aromatic carbocycles. The fourth-order valence-corrected chi connectivity index (χ4v) is 4.04. The number of aryl methyl sites for hydroxylation is 1. The summed E-state index contributed by atoms with van der Waals surface area (Å²) < 4.78 is 7.44. The zero-order valence-corrected chi connectivity index (χ0v) is 17.1. The molecule has 0 radical (unpaired) electrons. The van der Waals surface area contributed by atoms with Crippen LogP contribution >= 0.6 is 0 Å². The molecule has 0 saturated heterocycles. The minimum Gasteiger partial charge on any atom is -0.459 e. The first-order valence-electron chi connectivity index (χ1n) is 10.5. The molecule has 5 aromatic rings. The summed E-state index contributed by atoms with van der Waals surface area (Å²) in [5.74, 6) is 1.18. The molecular formula is C26H23N3O2. The number of benzene rings is 3. The standard InChI is InChI=1S/C26H23N3O2/c30-26(24-14-7-17-31-24)27-16-6-15-25-28-22-12-3-4-13-23(22)29(25)18-20-10-5-9-19-8-1-2-11-21(19)20/h1-5,7-14,17H,6,15-16,18H2,(H,27,30). The van der Waals surface area contributed by atoms with E-state index in [1.807, 2.05) is 6.07 Å². The number of hydrogen-bond donors (Lipinski definition) is 1. The number of carbonyl (C=O) groups excluding carboxylic acids is 1. The molecule has 1 N–H and O–H groups in total. The van der Waals surface area contributed by atoms with Gasteiger partial charge in [-0.3, -0.25) is 4.79 Å². The second-order valence-electron chi connectivity index (χ2n) is 7.58. The van der Waals surface area contributed by atoms with Crippen molar-refractivity contribution >= 4 is 27.7 Å². The first kappa shape index (κ1) is 19.1. The quantitative estimate of drug-likeness (QED) is 0.376. The van der Waals surface area contributed by atoms with Gasteiger partial charge in [-0.05, 0) is 47.0 Å². The van der Waals surface area contributed by atoms with E-state index >= 15 is 0 Å². The maximum atomic E-state index is 12.1. The highest BCUT2D eigenvalue weighted by Crippen LogP contribution is 2.23. The van der Waals surface area contributed by atoms with Gasteiger partial charge >= 0.3 is 0 Å². The summed E-state index contributed by atoms with van der Waals surface area (Å²) in [6.45, 7) is 1.33. The molecule has 5 nitrogen and oxygen atoms in total. The van der Waals surface area contributed by atoms with Crippen LogP contribution in [0.1, 0.15) is 28.4 Å². The molecule has 5 heteroatoms. The van der Waals surface area contributed by atoms with Crippen LogP contribution in [0, 0.1) is 0 Å². The Morgan fingerprint density at radius 3 is 2.68 bits per heavy atom. The number of nitrogens with zero attached hydrogens (tertiary/aromatic N) is 2. The Hall–Kier alpha value is -3.86. The highest BCUT2D eigenvalue weighted by molar-refractivity contribution is 5.91. The first-order valence-corrected chi connectivity index (χ1v) is 10.5. The fraction of sp³-hybridized carbons (Fsp3) is 0.154. The largest absolute Gasteiger partial charge is 0.459 e. The van der Waals surface area contributed by atoms with Crippen LogP contribution < -0.4 is 5.32 Å². The number of fused-ring (bicyclic) bond motifs is 2. The van der Waals surface area contributed by atoms with Crippen LogP contribution in [-0.2, 0) is 13.0 Å². The number of furan rings is 1. The van der Waals surface area contributed by atoms with Gasteiger partial charge in [0, 0.05) is 19.5 Å². The lowest BCUT2D eigenvalue weighted by Crippen LogP contribution is -2.24. The lowest BCUT2D eigenvalue weighted by Gasteiger charge is -2.12. The number of para-hydroxylation sites is 2. The molecule has 31 heavy (non-hydrogen) atoms. The highest BCUT2D eigenvalue weighted by Gasteiger charge is 2.13. The van der Waals surface area contributed by atoms with Gasteiger partial charge in [-0.15, -0.1) is 0 Å². The molecule has 0 bridgehead atoms. The average Bonchev–Trinajstić information content (AvgIpc) is 3.46. The molecule has 5 rings (SSSR count). The maximum absolute atomic E-state index is 12.1. The third-order valence-electron chi connectivity index (χ3n) is 5.55. The van der Waals surface area contributed by atoms with Crippen molar-refractivity contribution in [3.8, 4) is 0 Å². The normalized spacial score (nSPS) is 11.2. The summed E-state index contributed by atoms with van der Waals surface area (Å²) in [6, 6.07) is 26.5. The van der Waals surface area contributed by atoms with Crippen molar-refractivity contribution in [2.24, 2.45) is 0 Å². The van der Waals surface area contributed by atoms with Crippen LogP contribution in [0.25, 0.3) is 21.8 Å². The summed E-state index contributed by atoms with van der Waals surface area (Å²) in [5, 5.41) is 5.42. The van der Waals surface area contributed by atoms with Gasteiger partial charge in [-0.1, -0.05) is 54.6 Å². The van der Waals surface area contributed by atoms with Crippen molar-refractivity contribution in [2.45, 2.75) is 19.4 Å². The Morgan fingerprint density at radius 1 is 0.935 bits per heavy atom. The van der Waals surface area contributed by atoms with Crippen molar-refractivity contribution in [1.29, 1.82) is 0 Å². The predicted octanol–water partition coefficient (Wildman–Crippen LogP) is 5.19. The van der Waals surface area contributed by atoms with Gasteiger partial charge in [-0.2, -0.15) is 0 Å². The number of carbonyl (C=O) groups is 1. The summed E-state index contributed by atoms with van der Waals surface area (Å²) in [7, 11) is 0. The molecule has 0 atom stereocenters. The molecule has 0 unspecified atom stereocenters. The lowest BCUT2D eigenvalue weighted by molar-refractivity contribution is 0.0925. The molecule has 1 amide bonds. The molecule has 0 fully saturated rings. The van der Waals surface area contributed by atoms with E-state index in [4.69, 9.17) is 9.40 Å². The van der Waals surface area contributed by atoms with Crippen molar-refractivity contribution in [3.05, 3.63) is 102 Å². The minimum atomic E-state index is -0.186. The Morgan fingerprint density at radius 2 is 1.77 bits per heavy atom. The summed E-state index contributed by atoms with van der Waals surface area (Å²) in [6.07, 6.45) is 3.08. The smallest absolute Gasteiger partial charge is 0.286 e. The van der Waals surface area contributed by atoms with E-state index < -0.39 is 0 Å². The molecule has 2 heterocycles. The highest BCUT2D eigenvalue weighted by atomic mass is 16.3. The van der Waals surface area contributed by atoms with Gasteiger partial charge < -0.3 is 14.3 Å². The Kier molecular flexibility index (Phi) is 5.23. The molecule has 0 aliphatic heterocycles. The second-order valence-corrected chi connectivity index (χ2v) is 7.58. The van der Waals surface area contributed by atoms with Crippen LogP contribution in [0.3, 0.4) is 0 Å². The zero-order chi connectivity index (χ0) is 21.0. The Labute approximate surface area is 180 Å².